The number of nitrogens with one attached hydrogen (secondary N) is 1. The van der Waals surface area contributed by atoms with E-state index in [1.807, 2.05) is 37.3 Å². The summed E-state index contributed by atoms with van der Waals surface area (Å²) < 4.78 is 1.53. The predicted octanol–water partition coefficient (Wildman–Crippen LogP) is 2.44. The SMILES string of the molecule is CCc1cccc(NC(=O)CN(C(=O)Cn2nc(C=O)c3ccccc32)C2CC2)n1. The minimum absolute atomic E-state index is 0.0261. The van der Waals surface area contributed by atoms with Gasteiger partial charge in [0.2, 0.25) is 11.8 Å². The molecule has 1 N–H and O–H groups in total. The van der Waals surface area contributed by atoms with Crippen molar-refractivity contribution in [3.63, 3.8) is 0 Å². The van der Waals surface area contributed by atoms with Crippen molar-refractivity contribution in [2.24, 2.45) is 0 Å². The van der Waals surface area contributed by atoms with E-state index in [0.29, 0.717) is 28.7 Å². The Hall–Kier alpha value is -3.55. The van der Waals surface area contributed by atoms with Crippen LogP contribution < -0.4 is 5.32 Å². The zero-order valence-corrected chi connectivity index (χ0v) is 16.7. The van der Waals surface area contributed by atoms with Crippen molar-refractivity contribution in [1.82, 2.24) is 19.7 Å². The third-order valence-corrected chi connectivity index (χ3v) is 5.14. The lowest BCUT2D eigenvalue weighted by molar-refractivity contribution is -0.135. The molecule has 8 nitrogen and oxygen atoms in total. The van der Waals surface area contributed by atoms with E-state index in [4.69, 9.17) is 0 Å². The Balaban J connectivity index is 1.47. The van der Waals surface area contributed by atoms with Crippen LogP contribution in [0.3, 0.4) is 0 Å². The first-order valence-electron chi connectivity index (χ1n) is 10.0. The fraction of sp³-hybridized carbons (Fsp3) is 0.318. The van der Waals surface area contributed by atoms with Crippen LogP contribution in [0.25, 0.3) is 10.9 Å². The average Bonchev–Trinajstić information content (AvgIpc) is 3.54. The van der Waals surface area contributed by atoms with Gasteiger partial charge in [-0.15, -0.1) is 0 Å². The fourth-order valence-corrected chi connectivity index (χ4v) is 3.47. The van der Waals surface area contributed by atoms with Crippen molar-refractivity contribution < 1.29 is 14.4 Å². The number of aryl methyl sites for hydroxylation is 1. The third kappa shape index (κ3) is 4.22. The van der Waals surface area contributed by atoms with Gasteiger partial charge in [0.05, 0.1) is 5.52 Å². The highest BCUT2D eigenvalue weighted by molar-refractivity contribution is 5.96. The number of hydrogen-bond acceptors (Lipinski definition) is 5. The van der Waals surface area contributed by atoms with Crippen LogP contribution in [0.5, 0.6) is 0 Å². The number of nitrogens with zero attached hydrogens (tertiary/aromatic N) is 4. The lowest BCUT2D eigenvalue weighted by Crippen LogP contribution is -2.41. The monoisotopic (exact) mass is 405 g/mol. The van der Waals surface area contributed by atoms with Gasteiger partial charge in [-0.05, 0) is 37.5 Å². The van der Waals surface area contributed by atoms with Crippen LogP contribution in [0.1, 0.15) is 35.9 Å². The number of aromatic nitrogens is 3. The molecular weight excluding hydrogens is 382 g/mol. The van der Waals surface area contributed by atoms with E-state index in [1.54, 1.807) is 17.0 Å². The normalized spacial score (nSPS) is 13.2. The largest absolute Gasteiger partial charge is 0.329 e. The predicted molar refractivity (Wildman–Crippen MR) is 112 cm³/mol. The van der Waals surface area contributed by atoms with Gasteiger partial charge in [0.15, 0.2) is 6.29 Å². The van der Waals surface area contributed by atoms with Gasteiger partial charge >= 0.3 is 0 Å². The summed E-state index contributed by atoms with van der Waals surface area (Å²) >= 11 is 0. The zero-order chi connectivity index (χ0) is 21.1. The summed E-state index contributed by atoms with van der Waals surface area (Å²) in [6.07, 6.45) is 3.22. The molecule has 2 aromatic heterocycles. The van der Waals surface area contributed by atoms with Crippen LogP contribution >= 0.6 is 0 Å². The van der Waals surface area contributed by atoms with Gasteiger partial charge in [-0.2, -0.15) is 5.10 Å². The van der Waals surface area contributed by atoms with Crippen LogP contribution in [0, 0.1) is 0 Å². The molecule has 0 radical (unpaired) electrons. The smallest absolute Gasteiger partial charge is 0.245 e. The molecule has 1 aromatic carbocycles. The highest BCUT2D eigenvalue weighted by Gasteiger charge is 2.34. The molecule has 1 fully saturated rings. The third-order valence-electron chi connectivity index (χ3n) is 5.14. The number of benzene rings is 1. The number of rotatable bonds is 8. The second-order valence-corrected chi connectivity index (χ2v) is 7.35. The number of anilines is 1. The number of hydrogen-bond donors (Lipinski definition) is 1. The van der Waals surface area contributed by atoms with Gasteiger partial charge in [-0.1, -0.05) is 31.2 Å². The molecule has 8 heteroatoms. The van der Waals surface area contributed by atoms with Crippen LogP contribution in [-0.4, -0.2) is 50.4 Å². The van der Waals surface area contributed by atoms with Gasteiger partial charge in [0.1, 0.15) is 24.6 Å². The van der Waals surface area contributed by atoms with Crippen molar-refractivity contribution in [3.05, 3.63) is 53.9 Å². The van der Waals surface area contributed by atoms with Crippen molar-refractivity contribution >= 4 is 34.8 Å². The second-order valence-electron chi connectivity index (χ2n) is 7.35. The molecule has 2 amide bonds. The fourth-order valence-electron chi connectivity index (χ4n) is 3.47. The molecule has 154 valence electrons. The topological polar surface area (TPSA) is 97.2 Å². The van der Waals surface area contributed by atoms with Crippen molar-refractivity contribution in [2.45, 2.75) is 38.8 Å². The van der Waals surface area contributed by atoms with Gasteiger partial charge in [0.25, 0.3) is 0 Å². The lowest BCUT2D eigenvalue weighted by Gasteiger charge is -2.22. The molecule has 3 aromatic rings. The Kier molecular flexibility index (Phi) is 5.56. The summed E-state index contributed by atoms with van der Waals surface area (Å²) in [5.74, 6) is -0.000215. The first-order valence-corrected chi connectivity index (χ1v) is 10.0. The minimum Gasteiger partial charge on any atom is -0.329 e. The van der Waals surface area contributed by atoms with E-state index in [-0.39, 0.29) is 30.9 Å². The number of fused-ring (bicyclic) bond motifs is 1. The first kappa shape index (κ1) is 19.8. The van der Waals surface area contributed by atoms with Crippen LogP contribution in [0.4, 0.5) is 5.82 Å². The maximum atomic E-state index is 13.0. The number of aldehydes is 1. The van der Waals surface area contributed by atoms with E-state index < -0.39 is 0 Å². The number of pyridine rings is 1. The van der Waals surface area contributed by atoms with Gasteiger partial charge in [-0.3, -0.25) is 19.1 Å². The zero-order valence-electron chi connectivity index (χ0n) is 16.7. The molecule has 0 unspecified atom stereocenters. The van der Waals surface area contributed by atoms with E-state index in [9.17, 15) is 14.4 Å². The van der Waals surface area contributed by atoms with Gasteiger partial charge < -0.3 is 10.2 Å². The Morgan fingerprint density at radius 3 is 2.73 bits per heavy atom. The van der Waals surface area contributed by atoms with Crippen LogP contribution in [0.2, 0.25) is 0 Å². The van der Waals surface area contributed by atoms with Gasteiger partial charge in [-0.25, -0.2) is 4.98 Å². The quantitative estimate of drug-likeness (QED) is 0.581. The first-order chi connectivity index (χ1) is 14.6. The summed E-state index contributed by atoms with van der Waals surface area (Å²) in [6.45, 7) is 1.93. The van der Waals surface area contributed by atoms with Crippen LogP contribution in [-0.2, 0) is 22.6 Å². The van der Waals surface area contributed by atoms with E-state index in [0.717, 1.165) is 25.0 Å². The maximum absolute atomic E-state index is 13.0. The standard InChI is InChI=1S/C22H23N5O3/c1-2-15-6-5-9-20(23-15)24-21(29)12-26(16-10-11-16)22(30)13-27-19-8-4-3-7-17(19)18(14-28)25-27/h3-9,14,16H,2,10-13H2,1H3,(H,23,24,29). The summed E-state index contributed by atoms with van der Waals surface area (Å²) in [7, 11) is 0. The van der Waals surface area contributed by atoms with E-state index in [2.05, 4.69) is 15.4 Å². The molecule has 4 rings (SSSR count). The summed E-state index contributed by atoms with van der Waals surface area (Å²) in [5, 5.41) is 7.75. The molecule has 0 spiro atoms. The average molecular weight is 405 g/mol. The van der Waals surface area contributed by atoms with Crippen LogP contribution in [0.15, 0.2) is 42.5 Å². The minimum atomic E-state index is -0.282. The molecule has 0 saturated heterocycles. The number of amides is 2. The van der Waals surface area contributed by atoms with E-state index in [1.165, 1.54) is 4.68 Å². The summed E-state index contributed by atoms with van der Waals surface area (Å²) in [6, 6.07) is 12.8. The van der Waals surface area contributed by atoms with E-state index >= 15 is 0 Å². The number of carbonyl (C=O) groups excluding carboxylic acids is 3. The molecule has 0 aliphatic heterocycles. The summed E-state index contributed by atoms with van der Waals surface area (Å²) in [5.41, 5.74) is 1.91. The number of carbonyl (C=O) groups is 3. The molecule has 0 atom stereocenters. The lowest BCUT2D eigenvalue weighted by atomic mass is 10.2. The molecule has 0 bridgehead atoms. The molecule has 1 saturated carbocycles. The van der Waals surface area contributed by atoms with Gasteiger partial charge in [0, 0.05) is 17.1 Å². The molecule has 30 heavy (non-hydrogen) atoms. The molecule has 1 aliphatic rings. The Morgan fingerprint density at radius 1 is 1.20 bits per heavy atom. The van der Waals surface area contributed by atoms with Crippen molar-refractivity contribution in [1.29, 1.82) is 0 Å². The highest BCUT2D eigenvalue weighted by Crippen LogP contribution is 2.27. The number of para-hydroxylation sites is 1. The molecule has 1 aliphatic carbocycles. The Labute approximate surface area is 173 Å². The maximum Gasteiger partial charge on any atom is 0.245 e. The molecule has 2 heterocycles. The van der Waals surface area contributed by atoms with Crippen molar-refractivity contribution in [3.8, 4) is 0 Å². The summed E-state index contributed by atoms with van der Waals surface area (Å²) in [4.78, 5) is 42.8. The Morgan fingerprint density at radius 2 is 2.00 bits per heavy atom. The highest BCUT2D eigenvalue weighted by atomic mass is 16.2. The Bertz CT molecular complexity index is 1100. The van der Waals surface area contributed by atoms with Crippen molar-refractivity contribution in [2.75, 3.05) is 11.9 Å². The molecular formula is C22H23N5O3. The second kappa shape index (κ2) is 8.44.